The average Bonchev–Trinajstić information content (AvgIpc) is 2.91. The van der Waals surface area contributed by atoms with Crippen molar-refractivity contribution in [2.45, 2.75) is 33.2 Å². The number of amides is 2. The molecule has 0 unspecified atom stereocenters. The van der Waals surface area contributed by atoms with E-state index in [-0.39, 0.29) is 17.6 Å². The summed E-state index contributed by atoms with van der Waals surface area (Å²) in [5.74, 6) is -0.589. The number of imide groups is 1. The van der Waals surface area contributed by atoms with Crippen LogP contribution < -0.4 is 0 Å². The predicted octanol–water partition coefficient (Wildman–Crippen LogP) is 4.93. The molecule has 28 heavy (non-hydrogen) atoms. The van der Waals surface area contributed by atoms with E-state index in [9.17, 15) is 14.0 Å². The van der Waals surface area contributed by atoms with Gasteiger partial charge in [0.25, 0.3) is 11.8 Å². The fourth-order valence-corrected chi connectivity index (χ4v) is 3.81. The highest BCUT2D eigenvalue weighted by atomic mass is 19.1. The van der Waals surface area contributed by atoms with Gasteiger partial charge >= 0.3 is 0 Å². The molecule has 0 bridgehead atoms. The maximum atomic E-state index is 13.7. The number of rotatable bonds is 4. The third kappa shape index (κ3) is 2.97. The first kappa shape index (κ1) is 18.3. The summed E-state index contributed by atoms with van der Waals surface area (Å²) in [6, 6.07) is 12.8. The van der Waals surface area contributed by atoms with E-state index in [1.54, 1.807) is 30.3 Å². The Morgan fingerprint density at radius 1 is 0.964 bits per heavy atom. The molecule has 0 spiro atoms. The largest absolute Gasteiger partial charge is 0.269 e. The zero-order valence-electron chi connectivity index (χ0n) is 16.1. The highest BCUT2D eigenvalue weighted by Gasteiger charge is 2.39. The Bertz CT molecular complexity index is 1070. The van der Waals surface area contributed by atoms with E-state index in [1.807, 2.05) is 13.0 Å². The van der Waals surface area contributed by atoms with Gasteiger partial charge in [0, 0.05) is 17.1 Å². The second kappa shape index (κ2) is 6.82. The molecule has 3 aromatic rings. The molecule has 0 saturated carbocycles. The van der Waals surface area contributed by atoms with Crippen molar-refractivity contribution in [3.8, 4) is 0 Å². The second-order valence-corrected chi connectivity index (χ2v) is 7.66. The summed E-state index contributed by atoms with van der Waals surface area (Å²) in [6.45, 7) is 6.00. The van der Waals surface area contributed by atoms with Crippen LogP contribution in [0.3, 0.4) is 0 Å². The van der Waals surface area contributed by atoms with Crippen LogP contribution in [-0.2, 0) is 6.42 Å². The number of nitrogens with zero attached hydrogens (tertiary/aromatic N) is 2. The Morgan fingerprint density at radius 2 is 1.61 bits per heavy atom. The summed E-state index contributed by atoms with van der Waals surface area (Å²) in [5.41, 5.74) is 3.05. The minimum atomic E-state index is -0.469. The Hall–Kier alpha value is -3.08. The first-order valence-corrected chi connectivity index (χ1v) is 9.43. The molecule has 1 aromatic heterocycles. The van der Waals surface area contributed by atoms with Gasteiger partial charge in [0.15, 0.2) is 0 Å². The Labute approximate surface area is 163 Å². The Morgan fingerprint density at radius 3 is 2.21 bits per heavy atom. The monoisotopic (exact) mass is 376 g/mol. The van der Waals surface area contributed by atoms with Crippen molar-refractivity contribution < 1.29 is 14.0 Å². The summed E-state index contributed by atoms with van der Waals surface area (Å²) in [4.78, 5) is 31.8. The van der Waals surface area contributed by atoms with Gasteiger partial charge in [0.05, 0.1) is 22.7 Å². The van der Waals surface area contributed by atoms with Gasteiger partial charge in [0.1, 0.15) is 5.82 Å². The maximum Gasteiger partial charge on any atom is 0.262 e. The number of carbonyl (C=O) groups is 2. The molecule has 4 nitrogen and oxygen atoms in total. The summed E-state index contributed by atoms with van der Waals surface area (Å²) in [7, 11) is 0. The molecule has 0 saturated heterocycles. The van der Waals surface area contributed by atoms with Crippen LogP contribution >= 0.6 is 0 Å². The number of aromatic nitrogens is 1. The van der Waals surface area contributed by atoms with Crippen molar-refractivity contribution >= 4 is 22.7 Å². The van der Waals surface area contributed by atoms with E-state index in [4.69, 9.17) is 0 Å². The third-order valence-corrected chi connectivity index (χ3v) is 5.16. The molecule has 4 rings (SSSR count). The molecule has 2 aromatic carbocycles. The minimum absolute atomic E-state index is 0.289. The SMILES string of the molecule is CC(C)Cc1nc2cc(F)ccc2cc1[C@H](C)N1C(=O)c2ccccc2C1=O. The zero-order valence-corrected chi connectivity index (χ0v) is 16.1. The van der Waals surface area contributed by atoms with Gasteiger partial charge in [-0.3, -0.25) is 19.5 Å². The lowest BCUT2D eigenvalue weighted by molar-refractivity contribution is 0.0594. The minimum Gasteiger partial charge on any atom is -0.269 e. The molecule has 2 heterocycles. The van der Waals surface area contributed by atoms with Gasteiger partial charge in [-0.25, -0.2) is 4.39 Å². The smallest absolute Gasteiger partial charge is 0.262 e. The van der Waals surface area contributed by atoms with Gasteiger partial charge in [-0.05, 0) is 55.2 Å². The second-order valence-electron chi connectivity index (χ2n) is 7.66. The van der Waals surface area contributed by atoms with Gasteiger partial charge < -0.3 is 0 Å². The maximum absolute atomic E-state index is 13.7. The summed E-state index contributed by atoms with van der Waals surface area (Å²) >= 11 is 0. The number of carbonyl (C=O) groups excluding carboxylic acids is 2. The molecule has 0 N–H and O–H groups in total. The standard InChI is InChI=1S/C23H21FN2O2/c1-13(2)10-21-19(11-15-8-9-16(24)12-20(15)25-21)14(3)26-22(27)17-6-4-5-7-18(17)23(26)28/h4-9,11-14H,10H2,1-3H3/t14-/m0/s1. The zero-order chi connectivity index (χ0) is 20.0. The number of halogens is 1. The third-order valence-electron chi connectivity index (χ3n) is 5.16. The highest BCUT2D eigenvalue weighted by molar-refractivity contribution is 6.21. The number of pyridine rings is 1. The van der Waals surface area contributed by atoms with Crippen LogP contribution in [0.15, 0.2) is 48.5 Å². The molecule has 0 radical (unpaired) electrons. The Balaban J connectivity index is 1.82. The molecule has 142 valence electrons. The van der Waals surface area contributed by atoms with E-state index in [1.165, 1.54) is 17.0 Å². The molecule has 1 aliphatic rings. The first-order valence-electron chi connectivity index (χ1n) is 9.43. The summed E-state index contributed by atoms with van der Waals surface area (Å²) in [5, 5.41) is 0.785. The molecule has 1 aliphatic heterocycles. The number of benzene rings is 2. The van der Waals surface area contributed by atoms with Crippen LogP contribution in [0.2, 0.25) is 0 Å². The van der Waals surface area contributed by atoms with Gasteiger partial charge in [0.2, 0.25) is 0 Å². The van der Waals surface area contributed by atoms with E-state index in [0.717, 1.165) is 16.6 Å². The van der Waals surface area contributed by atoms with E-state index < -0.39 is 6.04 Å². The fourth-order valence-electron chi connectivity index (χ4n) is 3.81. The summed E-state index contributed by atoms with van der Waals surface area (Å²) < 4.78 is 13.7. The van der Waals surface area contributed by atoms with E-state index in [0.29, 0.717) is 29.0 Å². The van der Waals surface area contributed by atoms with Gasteiger partial charge in [-0.15, -0.1) is 0 Å². The molecule has 0 aliphatic carbocycles. The van der Waals surface area contributed by atoms with Crippen LogP contribution in [0, 0.1) is 11.7 Å². The Kier molecular flexibility index (Phi) is 4.46. The van der Waals surface area contributed by atoms with Crippen LogP contribution in [0.1, 0.15) is 58.8 Å². The number of hydrogen-bond donors (Lipinski definition) is 0. The van der Waals surface area contributed by atoms with Gasteiger partial charge in [-0.2, -0.15) is 0 Å². The van der Waals surface area contributed by atoms with Crippen LogP contribution in [0.5, 0.6) is 0 Å². The average molecular weight is 376 g/mol. The lowest BCUT2D eigenvalue weighted by atomic mass is 9.96. The lowest BCUT2D eigenvalue weighted by Crippen LogP contribution is -2.33. The molecular weight excluding hydrogens is 355 g/mol. The normalized spacial score (nSPS) is 14.8. The van der Waals surface area contributed by atoms with E-state index in [2.05, 4.69) is 18.8 Å². The summed E-state index contributed by atoms with van der Waals surface area (Å²) in [6.07, 6.45) is 0.676. The van der Waals surface area contributed by atoms with Crippen LogP contribution in [0.25, 0.3) is 10.9 Å². The number of fused-ring (bicyclic) bond motifs is 2. The van der Waals surface area contributed by atoms with Gasteiger partial charge in [-0.1, -0.05) is 26.0 Å². The molecule has 2 amide bonds. The highest BCUT2D eigenvalue weighted by Crippen LogP contribution is 2.34. The van der Waals surface area contributed by atoms with Crippen LogP contribution in [-0.4, -0.2) is 21.7 Å². The van der Waals surface area contributed by atoms with Crippen molar-refractivity contribution in [2.24, 2.45) is 5.92 Å². The van der Waals surface area contributed by atoms with Crippen molar-refractivity contribution in [2.75, 3.05) is 0 Å². The molecule has 1 atom stereocenters. The van der Waals surface area contributed by atoms with E-state index >= 15 is 0 Å². The molecular formula is C23H21FN2O2. The van der Waals surface area contributed by atoms with Crippen molar-refractivity contribution in [1.82, 2.24) is 9.88 Å². The topological polar surface area (TPSA) is 50.3 Å². The molecule has 5 heteroatoms. The van der Waals surface area contributed by atoms with Crippen molar-refractivity contribution in [3.05, 3.63) is 76.7 Å². The predicted molar refractivity (Wildman–Crippen MR) is 106 cm³/mol. The first-order chi connectivity index (χ1) is 13.4. The number of hydrogen-bond acceptors (Lipinski definition) is 3. The van der Waals surface area contributed by atoms with Crippen molar-refractivity contribution in [3.63, 3.8) is 0 Å². The quantitative estimate of drug-likeness (QED) is 0.607. The van der Waals surface area contributed by atoms with Crippen LogP contribution in [0.4, 0.5) is 4.39 Å². The lowest BCUT2D eigenvalue weighted by Gasteiger charge is -2.25. The fraction of sp³-hybridized carbons (Fsp3) is 0.261. The molecule has 0 fully saturated rings. The van der Waals surface area contributed by atoms with Crippen molar-refractivity contribution in [1.29, 1.82) is 0 Å².